The number of nitrogens with zero attached hydrogens (tertiary/aromatic N) is 1. The van der Waals surface area contributed by atoms with E-state index in [0.29, 0.717) is 40.7 Å². The average molecular weight is 583 g/mol. The Balaban J connectivity index is 1.65. The quantitative estimate of drug-likeness (QED) is 0.172. The number of carbonyl (C=O) groups excluding carboxylic acids is 3. The molecule has 1 aliphatic heterocycles. The first-order valence-corrected chi connectivity index (χ1v) is 13.7. The summed E-state index contributed by atoms with van der Waals surface area (Å²) in [7, 11) is 1.44. The summed E-state index contributed by atoms with van der Waals surface area (Å²) in [5.74, 6) is 0.793. The number of allylic oxidation sites excluding steroid dienone is 1. The Morgan fingerprint density at radius 3 is 2.48 bits per heavy atom. The number of amides is 3. The van der Waals surface area contributed by atoms with Crippen LogP contribution in [-0.2, 0) is 14.3 Å². The molecule has 1 aliphatic rings. The number of nitrogens with one attached hydrogen (secondary N) is 3. The number of carbonyl (C=O) groups is 3. The third kappa shape index (κ3) is 8.38. The van der Waals surface area contributed by atoms with Crippen molar-refractivity contribution < 1.29 is 38.1 Å². The van der Waals surface area contributed by atoms with Crippen LogP contribution in [0.5, 0.6) is 23.0 Å². The van der Waals surface area contributed by atoms with Gasteiger partial charge in [0.15, 0.2) is 29.6 Å². The van der Waals surface area contributed by atoms with E-state index in [4.69, 9.17) is 23.7 Å². The summed E-state index contributed by atoms with van der Waals surface area (Å²) in [4.78, 5) is 37.1. The van der Waals surface area contributed by atoms with Gasteiger partial charge in [-0.05, 0) is 75.6 Å². The van der Waals surface area contributed by atoms with E-state index in [1.54, 1.807) is 44.2 Å². The lowest BCUT2D eigenvalue weighted by molar-refractivity contribution is -0.139. The van der Waals surface area contributed by atoms with Gasteiger partial charge < -0.3 is 34.3 Å². The number of urea groups is 1. The molecule has 3 N–H and O–H groups in total. The second-order valence-corrected chi connectivity index (χ2v) is 9.26. The molecule has 0 radical (unpaired) electrons. The number of rotatable bonds is 14. The molecular formula is C30H38N4O8. The van der Waals surface area contributed by atoms with Crippen molar-refractivity contribution in [2.45, 2.75) is 53.2 Å². The van der Waals surface area contributed by atoms with Crippen molar-refractivity contribution >= 4 is 24.1 Å². The van der Waals surface area contributed by atoms with Gasteiger partial charge >= 0.3 is 12.0 Å². The van der Waals surface area contributed by atoms with Gasteiger partial charge in [-0.15, -0.1) is 0 Å². The first-order chi connectivity index (χ1) is 20.2. The van der Waals surface area contributed by atoms with Gasteiger partial charge in [0.25, 0.3) is 5.91 Å². The number of ether oxygens (including phenoxy) is 5. The second-order valence-electron chi connectivity index (χ2n) is 9.26. The normalized spacial score (nSPS) is 15.4. The van der Waals surface area contributed by atoms with Gasteiger partial charge in [-0.25, -0.2) is 15.0 Å². The highest BCUT2D eigenvalue weighted by Crippen LogP contribution is 2.34. The third-order valence-corrected chi connectivity index (χ3v) is 6.22. The van der Waals surface area contributed by atoms with Crippen molar-refractivity contribution in [2.75, 3.05) is 26.9 Å². The lowest BCUT2D eigenvalue weighted by Gasteiger charge is -2.28. The van der Waals surface area contributed by atoms with Crippen LogP contribution in [0.1, 0.15) is 58.2 Å². The smallest absolute Gasteiger partial charge is 0.338 e. The minimum Gasteiger partial charge on any atom is -0.493 e. The van der Waals surface area contributed by atoms with Gasteiger partial charge in [0, 0.05) is 5.70 Å². The van der Waals surface area contributed by atoms with Crippen LogP contribution < -0.4 is 35.0 Å². The number of hydrogen-bond acceptors (Lipinski definition) is 9. The van der Waals surface area contributed by atoms with Crippen LogP contribution in [0.15, 0.2) is 52.8 Å². The topological polar surface area (TPSA) is 146 Å². The Morgan fingerprint density at radius 1 is 1.02 bits per heavy atom. The number of benzene rings is 2. The van der Waals surface area contributed by atoms with E-state index in [1.807, 2.05) is 26.8 Å². The Morgan fingerprint density at radius 2 is 1.79 bits per heavy atom. The zero-order chi connectivity index (χ0) is 30.6. The van der Waals surface area contributed by atoms with Crippen molar-refractivity contribution in [3.63, 3.8) is 0 Å². The van der Waals surface area contributed by atoms with Crippen LogP contribution in [0.25, 0.3) is 0 Å². The Kier molecular flexibility index (Phi) is 11.6. The fraction of sp³-hybridized carbons (Fsp3) is 0.400. The van der Waals surface area contributed by atoms with Crippen LogP contribution in [0.3, 0.4) is 0 Å². The predicted molar refractivity (Wildman–Crippen MR) is 156 cm³/mol. The van der Waals surface area contributed by atoms with Crippen molar-refractivity contribution in [1.29, 1.82) is 0 Å². The van der Waals surface area contributed by atoms with E-state index in [9.17, 15) is 14.4 Å². The van der Waals surface area contributed by atoms with Crippen LogP contribution >= 0.6 is 0 Å². The molecule has 226 valence electrons. The molecule has 2 aromatic carbocycles. The molecule has 0 saturated carbocycles. The standard InChI is InChI=1S/C30H38N4O8/c1-7-18(4)42-23-12-10-20(14-25(23)39-8-2)16-31-34-26(35)17-41-22-13-11-21(15-24(22)38-6)28-27(29(36)40-9-3)19(5)32-30(37)33-28/h10-16,18,28H,7-9,17H2,1-6H3,(H,34,35)(H2,32,33,37)/b31-16-/t18-,28+/m0/s1. The van der Waals surface area contributed by atoms with E-state index >= 15 is 0 Å². The molecule has 0 aliphatic carbocycles. The van der Waals surface area contributed by atoms with Crippen LogP contribution in [-0.4, -0.2) is 57.2 Å². The molecule has 0 saturated heterocycles. The Hall–Kier alpha value is -4.74. The highest BCUT2D eigenvalue weighted by molar-refractivity contribution is 5.95. The summed E-state index contributed by atoms with van der Waals surface area (Å²) in [5.41, 5.74) is 4.38. The van der Waals surface area contributed by atoms with Crippen LogP contribution in [0, 0.1) is 0 Å². The fourth-order valence-corrected chi connectivity index (χ4v) is 4.03. The zero-order valence-electron chi connectivity index (χ0n) is 24.7. The van der Waals surface area contributed by atoms with Crippen molar-refractivity contribution in [2.24, 2.45) is 5.10 Å². The van der Waals surface area contributed by atoms with Crippen molar-refractivity contribution in [1.82, 2.24) is 16.1 Å². The molecule has 0 fully saturated rings. The predicted octanol–water partition coefficient (Wildman–Crippen LogP) is 3.99. The molecule has 0 bridgehead atoms. The lowest BCUT2D eigenvalue weighted by Crippen LogP contribution is -2.45. The summed E-state index contributed by atoms with van der Waals surface area (Å²) >= 11 is 0. The third-order valence-electron chi connectivity index (χ3n) is 6.22. The number of hydrazone groups is 1. The summed E-state index contributed by atoms with van der Waals surface area (Å²) in [6.45, 7) is 9.58. The molecule has 2 aromatic rings. The second kappa shape index (κ2) is 15.3. The lowest BCUT2D eigenvalue weighted by atomic mass is 9.95. The van der Waals surface area contributed by atoms with E-state index in [0.717, 1.165) is 6.42 Å². The molecule has 0 unspecified atom stereocenters. The van der Waals surface area contributed by atoms with Crippen molar-refractivity contribution in [3.05, 3.63) is 58.8 Å². The van der Waals surface area contributed by atoms with E-state index in [-0.39, 0.29) is 30.6 Å². The Labute approximate surface area is 245 Å². The van der Waals surface area contributed by atoms with Crippen LogP contribution in [0.4, 0.5) is 4.79 Å². The average Bonchev–Trinajstić information content (AvgIpc) is 2.96. The molecular weight excluding hydrogens is 544 g/mol. The Bertz CT molecular complexity index is 1340. The zero-order valence-corrected chi connectivity index (χ0v) is 24.7. The monoisotopic (exact) mass is 582 g/mol. The molecule has 0 aromatic heterocycles. The summed E-state index contributed by atoms with van der Waals surface area (Å²) in [5, 5.41) is 9.33. The van der Waals surface area contributed by atoms with Crippen LogP contribution in [0.2, 0.25) is 0 Å². The first kappa shape index (κ1) is 31.8. The largest absolute Gasteiger partial charge is 0.493 e. The van der Waals surface area contributed by atoms with E-state index in [1.165, 1.54) is 13.3 Å². The van der Waals surface area contributed by atoms with Gasteiger partial charge in [0.1, 0.15) is 0 Å². The van der Waals surface area contributed by atoms with Gasteiger partial charge in [-0.2, -0.15) is 5.10 Å². The molecule has 12 heteroatoms. The highest BCUT2D eigenvalue weighted by Gasteiger charge is 2.32. The summed E-state index contributed by atoms with van der Waals surface area (Å²) in [6.07, 6.45) is 2.40. The van der Waals surface area contributed by atoms with E-state index < -0.39 is 23.9 Å². The maximum Gasteiger partial charge on any atom is 0.338 e. The molecule has 3 rings (SSSR count). The maximum atomic E-state index is 12.6. The number of esters is 1. The minimum absolute atomic E-state index is 0.0476. The summed E-state index contributed by atoms with van der Waals surface area (Å²) in [6, 6.07) is 9.07. The first-order valence-electron chi connectivity index (χ1n) is 13.7. The molecule has 42 heavy (non-hydrogen) atoms. The van der Waals surface area contributed by atoms with Crippen molar-refractivity contribution in [3.8, 4) is 23.0 Å². The van der Waals surface area contributed by atoms with Gasteiger partial charge in [0.2, 0.25) is 0 Å². The SMILES string of the molecule is CCOC(=O)C1=C(C)NC(=O)N[C@@H]1c1ccc(OCC(=O)N/N=C\c2ccc(O[C@@H](C)CC)c(OCC)c2)c(OC)c1. The minimum atomic E-state index is -0.766. The number of methoxy groups -OCH3 is 1. The van der Waals surface area contributed by atoms with E-state index in [2.05, 4.69) is 21.2 Å². The van der Waals surface area contributed by atoms with Gasteiger partial charge in [-0.3, -0.25) is 4.79 Å². The fourth-order valence-electron chi connectivity index (χ4n) is 4.03. The highest BCUT2D eigenvalue weighted by atomic mass is 16.5. The summed E-state index contributed by atoms with van der Waals surface area (Å²) < 4.78 is 27.9. The molecule has 3 amide bonds. The number of hydrogen-bond donors (Lipinski definition) is 3. The maximum absolute atomic E-state index is 12.6. The van der Waals surface area contributed by atoms with Gasteiger partial charge in [-0.1, -0.05) is 13.0 Å². The molecule has 0 spiro atoms. The molecule has 2 atom stereocenters. The molecule has 1 heterocycles. The molecule has 12 nitrogen and oxygen atoms in total. The van der Waals surface area contributed by atoms with Gasteiger partial charge in [0.05, 0.1) is 44.3 Å².